The van der Waals surface area contributed by atoms with Crippen LogP contribution in [-0.4, -0.2) is 11.1 Å². The molecular weight excluding hydrogens is 297 g/mol. The molecule has 20 heavy (non-hydrogen) atoms. The van der Waals surface area contributed by atoms with Gasteiger partial charge in [-0.15, -0.1) is 22.9 Å². The number of ether oxygens (including phenoxy) is 1. The van der Waals surface area contributed by atoms with E-state index in [-0.39, 0.29) is 5.82 Å². The summed E-state index contributed by atoms with van der Waals surface area (Å²) in [6, 6.07) is 5.20. The lowest BCUT2D eigenvalue weighted by Crippen LogP contribution is -2.21. The largest absolute Gasteiger partial charge is 0.373 e. The van der Waals surface area contributed by atoms with Crippen molar-refractivity contribution >= 4 is 22.9 Å². The highest BCUT2D eigenvalue weighted by molar-refractivity contribution is 7.13. The smallest absolute Gasteiger partial charge is 0.129 e. The van der Waals surface area contributed by atoms with Crippen molar-refractivity contribution in [2.24, 2.45) is 0 Å². The van der Waals surface area contributed by atoms with Crippen molar-refractivity contribution in [3.8, 4) is 10.6 Å². The van der Waals surface area contributed by atoms with Crippen molar-refractivity contribution in [1.82, 2.24) is 4.98 Å². The molecule has 0 spiro atoms. The fourth-order valence-electron chi connectivity index (χ4n) is 2.04. The maximum atomic E-state index is 14.1. The summed E-state index contributed by atoms with van der Waals surface area (Å²) in [6.45, 7) is 0.349. The molecule has 0 saturated heterocycles. The molecule has 3 rings (SSSR count). The Morgan fingerprint density at radius 3 is 2.85 bits per heavy atom. The molecule has 1 aliphatic carbocycles. The number of nitrogens with zero attached hydrogens (tertiary/aromatic N) is 1. The Morgan fingerprint density at radius 2 is 2.25 bits per heavy atom. The molecule has 5 heteroatoms. The summed E-state index contributed by atoms with van der Waals surface area (Å²) in [7, 11) is 0. The number of halogens is 2. The molecule has 1 aromatic carbocycles. The Bertz CT molecular complexity index is 597. The summed E-state index contributed by atoms with van der Waals surface area (Å²) in [5.74, 6) is 0.149. The molecule has 0 bridgehead atoms. The number of thiazole rings is 1. The van der Waals surface area contributed by atoms with E-state index in [2.05, 4.69) is 4.98 Å². The predicted molar refractivity (Wildman–Crippen MR) is 79.5 cm³/mol. The van der Waals surface area contributed by atoms with E-state index in [0.717, 1.165) is 29.1 Å². The Kier molecular flexibility index (Phi) is 4.34. The van der Waals surface area contributed by atoms with Crippen LogP contribution in [0.3, 0.4) is 0 Å². The average Bonchev–Trinajstić information content (AvgIpc) is 2.87. The monoisotopic (exact) mass is 311 g/mol. The summed E-state index contributed by atoms with van der Waals surface area (Å²) in [4.78, 5) is 4.36. The van der Waals surface area contributed by atoms with E-state index in [1.807, 2.05) is 11.4 Å². The number of hydrogen-bond donors (Lipinski definition) is 0. The molecule has 1 heterocycles. The van der Waals surface area contributed by atoms with Crippen molar-refractivity contribution in [2.75, 3.05) is 0 Å². The van der Waals surface area contributed by atoms with Gasteiger partial charge >= 0.3 is 0 Å². The summed E-state index contributed by atoms with van der Waals surface area (Å²) >= 11 is 7.21. The van der Waals surface area contributed by atoms with Gasteiger partial charge < -0.3 is 4.74 Å². The Labute approximate surface area is 126 Å². The molecule has 106 valence electrons. The van der Waals surface area contributed by atoms with Gasteiger partial charge in [0.1, 0.15) is 10.8 Å². The van der Waals surface area contributed by atoms with Crippen molar-refractivity contribution in [1.29, 1.82) is 0 Å². The van der Waals surface area contributed by atoms with E-state index in [0.29, 0.717) is 24.2 Å². The second-order valence-electron chi connectivity index (χ2n) is 4.95. The third-order valence-electron chi connectivity index (χ3n) is 3.52. The van der Waals surface area contributed by atoms with Gasteiger partial charge in [-0.3, -0.25) is 0 Å². The fourth-order valence-corrected chi connectivity index (χ4v) is 3.09. The van der Waals surface area contributed by atoms with Crippen LogP contribution < -0.4 is 0 Å². The fraction of sp³-hybridized carbons (Fsp3) is 0.400. The number of rotatable bonds is 5. The number of hydrogen-bond acceptors (Lipinski definition) is 3. The topological polar surface area (TPSA) is 22.1 Å². The first-order valence-corrected chi connectivity index (χ1v) is 8.08. The SMILES string of the molecule is Fc1cc(-c2nc(CCl)cs2)ccc1COC1CCC1. The first-order valence-electron chi connectivity index (χ1n) is 6.67. The number of aromatic nitrogens is 1. The average molecular weight is 312 g/mol. The van der Waals surface area contributed by atoms with Crippen LogP contribution in [0.5, 0.6) is 0 Å². The summed E-state index contributed by atoms with van der Waals surface area (Å²) in [5.41, 5.74) is 2.22. The third kappa shape index (κ3) is 3.03. The molecule has 1 fully saturated rings. The highest BCUT2D eigenvalue weighted by Crippen LogP contribution is 2.27. The Hall–Kier alpha value is -0.970. The lowest BCUT2D eigenvalue weighted by atomic mass is 9.96. The minimum atomic E-state index is -0.232. The van der Waals surface area contributed by atoms with Crippen molar-refractivity contribution < 1.29 is 9.13 Å². The maximum absolute atomic E-state index is 14.1. The van der Waals surface area contributed by atoms with Gasteiger partial charge in [0.15, 0.2) is 0 Å². The molecule has 0 atom stereocenters. The highest BCUT2D eigenvalue weighted by atomic mass is 35.5. The van der Waals surface area contributed by atoms with Crippen molar-refractivity contribution in [3.05, 3.63) is 40.7 Å². The predicted octanol–water partition coefficient (Wildman–Crippen LogP) is 4.76. The van der Waals surface area contributed by atoms with E-state index in [4.69, 9.17) is 16.3 Å². The van der Waals surface area contributed by atoms with Crippen LogP contribution in [0.1, 0.15) is 30.5 Å². The van der Waals surface area contributed by atoms with E-state index in [9.17, 15) is 4.39 Å². The summed E-state index contributed by atoms with van der Waals surface area (Å²) in [6.07, 6.45) is 3.73. The Morgan fingerprint density at radius 1 is 1.40 bits per heavy atom. The minimum absolute atomic E-state index is 0.232. The van der Waals surface area contributed by atoms with Crippen molar-refractivity contribution in [2.45, 2.75) is 37.9 Å². The summed E-state index contributed by atoms with van der Waals surface area (Å²) < 4.78 is 19.7. The van der Waals surface area contributed by atoms with Crippen LogP contribution in [-0.2, 0) is 17.2 Å². The minimum Gasteiger partial charge on any atom is -0.373 e. The van der Waals surface area contributed by atoms with Crippen LogP contribution in [0.15, 0.2) is 23.6 Å². The quantitative estimate of drug-likeness (QED) is 0.743. The lowest BCUT2D eigenvalue weighted by molar-refractivity contribution is -0.00975. The van der Waals surface area contributed by atoms with Gasteiger partial charge in [-0.25, -0.2) is 9.37 Å². The van der Waals surface area contributed by atoms with Crippen LogP contribution in [0.25, 0.3) is 10.6 Å². The van der Waals surface area contributed by atoms with E-state index in [1.54, 1.807) is 6.07 Å². The van der Waals surface area contributed by atoms with E-state index < -0.39 is 0 Å². The van der Waals surface area contributed by atoms with Crippen molar-refractivity contribution in [3.63, 3.8) is 0 Å². The van der Waals surface area contributed by atoms with Crippen LogP contribution in [0, 0.1) is 5.82 Å². The molecule has 1 aliphatic rings. The van der Waals surface area contributed by atoms with E-state index >= 15 is 0 Å². The molecule has 0 radical (unpaired) electrons. The molecule has 0 N–H and O–H groups in total. The zero-order valence-corrected chi connectivity index (χ0v) is 12.5. The molecule has 0 amide bonds. The van der Waals surface area contributed by atoms with E-state index in [1.165, 1.54) is 23.8 Å². The van der Waals surface area contributed by atoms with Crippen LogP contribution >= 0.6 is 22.9 Å². The van der Waals surface area contributed by atoms with Crippen LogP contribution in [0.4, 0.5) is 4.39 Å². The highest BCUT2D eigenvalue weighted by Gasteiger charge is 2.18. The second kappa shape index (κ2) is 6.20. The van der Waals surface area contributed by atoms with Gasteiger partial charge in [0.2, 0.25) is 0 Å². The third-order valence-corrected chi connectivity index (χ3v) is 4.73. The molecule has 2 aromatic rings. The molecule has 1 aromatic heterocycles. The normalized spacial score (nSPS) is 15.3. The standard InChI is InChI=1S/C15H15ClFNOS/c16-7-12-9-20-15(18-12)10-4-5-11(14(17)6-10)8-19-13-2-1-3-13/h4-6,9,13H,1-3,7-8H2. The van der Waals surface area contributed by atoms with Gasteiger partial charge in [-0.1, -0.05) is 12.1 Å². The van der Waals surface area contributed by atoms with Gasteiger partial charge in [0, 0.05) is 16.5 Å². The molecule has 2 nitrogen and oxygen atoms in total. The number of alkyl halides is 1. The molecule has 1 saturated carbocycles. The molecular formula is C15H15ClFNOS. The zero-order chi connectivity index (χ0) is 13.9. The second-order valence-corrected chi connectivity index (χ2v) is 6.07. The zero-order valence-electron chi connectivity index (χ0n) is 10.9. The molecule has 0 unspecified atom stereocenters. The first kappa shape index (κ1) is 14.0. The first-order chi connectivity index (χ1) is 9.76. The van der Waals surface area contributed by atoms with Gasteiger partial charge in [-0.2, -0.15) is 0 Å². The van der Waals surface area contributed by atoms with Gasteiger partial charge in [-0.05, 0) is 25.3 Å². The lowest BCUT2D eigenvalue weighted by Gasteiger charge is -2.25. The molecule has 0 aliphatic heterocycles. The Balaban J connectivity index is 1.72. The number of benzene rings is 1. The van der Waals surface area contributed by atoms with Gasteiger partial charge in [0.05, 0.1) is 24.3 Å². The maximum Gasteiger partial charge on any atom is 0.129 e. The van der Waals surface area contributed by atoms with Gasteiger partial charge in [0.25, 0.3) is 0 Å². The van der Waals surface area contributed by atoms with Crippen LogP contribution in [0.2, 0.25) is 0 Å². The summed E-state index contributed by atoms with van der Waals surface area (Å²) in [5, 5.41) is 2.69.